The smallest absolute Gasteiger partial charge is 0.253 e. The number of benzene rings is 1. The molecule has 1 aromatic carbocycles. The van der Waals surface area contributed by atoms with Crippen LogP contribution in [0.5, 0.6) is 0 Å². The third-order valence-corrected chi connectivity index (χ3v) is 4.28. The molecular formula is C17H23N5O. The van der Waals surface area contributed by atoms with Crippen LogP contribution < -0.4 is 5.32 Å². The van der Waals surface area contributed by atoms with Gasteiger partial charge in [-0.2, -0.15) is 0 Å². The molecule has 0 atom stereocenters. The molecule has 23 heavy (non-hydrogen) atoms. The molecular weight excluding hydrogens is 290 g/mol. The van der Waals surface area contributed by atoms with Crippen LogP contribution >= 0.6 is 0 Å². The lowest BCUT2D eigenvalue weighted by molar-refractivity contribution is 0.0951. The predicted molar refractivity (Wildman–Crippen MR) is 90.4 cm³/mol. The van der Waals surface area contributed by atoms with Crippen molar-refractivity contribution < 1.29 is 4.79 Å². The number of nitrogens with zero attached hydrogens (tertiary/aromatic N) is 4. The first kappa shape index (κ1) is 15.8. The summed E-state index contributed by atoms with van der Waals surface area (Å²) in [5.74, 6) is -0.0746. The maximum Gasteiger partial charge on any atom is 0.253 e. The Balaban J connectivity index is 1.49. The Morgan fingerprint density at radius 1 is 1.17 bits per heavy atom. The van der Waals surface area contributed by atoms with Crippen LogP contribution in [0.1, 0.15) is 16.8 Å². The van der Waals surface area contributed by atoms with Crippen molar-refractivity contribution in [2.75, 3.05) is 46.3 Å². The number of carbonyl (C=O) groups excluding carboxylic acids is 1. The fourth-order valence-electron chi connectivity index (χ4n) is 2.85. The number of rotatable bonds is 5. The maximum atomic E-state index is 12.4. The molecule has 1 aliphatic rings. The summed E-state index contributed by atoms with van der Waals surface area (Å²) in [6, 6.07) is 5.51. The van der Waals surface area contributed by atoms with Crippen LogP contribution in [0.4, 0.5) is 0 Å². The van der Waals surface area contributed by atoms with E-state index in [1.807, 2.05) is 12.1 Å². The average Bonchev–Trinajstić information content (AvgIpc) is 2.59. The zero-order chi connectivity index (χ0) is 16.1. The number of piperazine rings is 1. The van der Waals surface area contributed by atoms with Crippen molar-refractivity contribution in [3.05, 3.63) is 36.2 Å². The highest BCUT2D eigenvalue weighted by molar-refractivity contribution is 6.04. The van der Waals surface area contributed by atoms with Crippen LogP contribution in [0.25, 0.3) is 11.0 Å². The monoisotopic (exact) mass is 313 g/mol. The number of hydrogen-bond acceptors (Lipinski definition) is 5. The Labute approximate surface area is 136 Å². The van der Waals surface area contributed by atoms with E-state index >= 15 is 0 Å². The first-order valence-electron chi connectivity index (χ1n) is 8.13. The minimum atomic E-state index is -0.0746. The van der Waals surface area contributed by atoms with Gasteiger partial charge in [-0.1, -0.05) is 6.07 Å². The highest BCUT2D eigenvalue weighted by Gasteiger charge is 2.14. The number of hydrogen-bond donors (Lipinski definition) is 1. The summed E-state index contributed by atoms with van der Waals surface area (Å²) in [5.41, 5.74) is 2.00. The van der Waals surface area contributed by atoms with E-state index in [0.717, 1.165) is 44.7 Å². The second-order valence-corrected chi connectivity index (χ2v) is 5.98. The van der Waals surface area contributed by atoms with E-state index in [9.17, 15) is 4.79 Å². The van der Waals surface area contributed by atoms with E-state index in [1.54, 1.807) is 18.5 Å². The molecule has 3 rings (SSSR count). The van der Waals surface area contributed by atoms with Gasteiger partial charge in [-0.15, -0.1) is 0 Å². The van der Waals surface area contributed by atoms with E-state index in [-0.39, 0.29) is 5.91 Å². The zero-order valence-corrected chi connectivity index (χ0v) is 13.5. The lowest BCUT2D eigenvalue weighted by Gasteiger charge is -2.32. The van der Waals surface area contributed by atoms with Crippen molar-refractivity contribution in [3.8, 4) is 0 Å². The van der Waals surface area contributed by atoms with Crippen LogP contribution in [0, 0.1) is 0 Å². The summed E-state index contributed by atoms with van der Waals surface area (Å²) < 4.78 is 0. The highest BCUT2D eigenvalue weighted by atomic mass is 16.1. The van der Waals surface area contributed by atoms with Gasteiger partial charge < -0.3 is 15.1 Å². The van der Waals surface area contributed by atoms with Crippen molar-refractivity contribution in [1.82, 2.24) is 25.1 Å². The summed E-state index contributed by atoms with van der Waals surface area (Å²) in [6.45, 7) is 6.19. The first-order chi connectivity index (χ1) is 11.2. The molecule has 6 nitrogen and oxygen atoms in total. The number of amides is 1. The van der Waals surface area contributed by atoms with Gasteiger partial charge in [-0.25, -0.2) is 0 Å². The second kappa shape index (κ2) is 7.48. The lowest BCUT2D eigenvalue weighted by atomic mass is 10.1. The summed E-state index contributed by atoms with van der Waals surface area (Å²) in [7, 11) is 2.16. The molecule has 1 amide bonds. The third-order valence-electron chi connectivity index (χ3n) is 4.28. The molecule has 0 unspecified atom stereocenters. The summed E-state index contributed by atoms with van der Waals surface area (Å²) in [5, 5.41) is 3.00. The van der Waals surface area contributed by atoms with Crippen LogP contribution in [-0.2, 0) is 0 Å². The van der Waals surface area contributed by atoms with Gasteiger partial charge in [0.15, 0.2) is 0 Å². The molecule has 122 valence electrons. The normalized spacial score (nSPS) is 16.6. The van der Waals surface area contributed by atoms with Gasteiger partial charge in [0.2, 0.25) is 0 Å². The van der Waals surface area contributed by atoms with Crippen molar-refractivity contribution >= 4 is 16.9 Å². The number of nitrogens with one attached hydrogen (secondary N) is 1. The predicted octanol–water partition coefficient (Wildman–Crippen LogP) is 0.997. The van der Waals surface area contributed by atoms with Gasteiger partial charge in [0.05, 0.1) is 11.1 Å². The maximum absolute atomic E-state index is 12.4. The topological polar surface area (TPSA) is 61.4 Å². The van der Waals surface area contributed by atoms with E-state index in [2.05, 4.69) is 32.1 Å². The largest absolute Gasteiger partial charge is 0.352 e. The Bertz CT molecular complexity index is 662. The first-order valence-corrected chi connectivity index (χ1v) is 8.13. The zero-order valence-electron chi connectivity index (χ0n) is 13.5. The Morgan fingerprint density at radius 2 is 1.96 bits per heavy atom. The average molecular weight is 313 g/mol. The number of para-hydroxylation sites is 1. The highest BCUT2D eigenvalue weighted by Crippen LogP contribution is 2.13. The number of aromatic nitrogens is 2. The molecule has 0 saturated carbocycles. The molecule has 2 aromatic rings. The van der Waals surface area contributed by atoms with Crippen molar-refractivity contribution in [1.29, 1.82) is 0 Å². The molecule has 1 aliphatic heterocycles. The minimum Gasteiger partial charge on any atom is -0.352 e. The SMILES string of the molecule is CN1CCN(CCCNC(=O)c2cccc3nccnc23)CC1. The molecule has 1 aromatic heterocycles. The Kier molecular flexibility index (Phi) is 5.15. The standard InChI is InChI=1S/C17H23N5O/c1-21-10-12-22(13-11-21)9-3-6-20-17(23)14-4-2-5-15-16(14)19-8-7-18-15/h2,4-5,7-8H,3,6,9-13H2,1H3,(H,20,23). The molecule has 0 bridgehead atoms. The van der Waals surface area contributed by atoms with Crippen molar-refractivity contribution in [2.45, 2.75) is 6.42 Å². The van der Waals surface area contributed by atoms with Gasteiger partial charge in [0.1, 0.15) is 5.52 Å². The van der Waals surface area contributed by atoms with Gasteiger partial charge in [0, 0.05) is 45.1 Å². The van der Waals surface area contributed by atoms with Crippen LogP contribution in [-0.4, -0.2) is 72.0 Å². The molecule has 6 heteroatoms. The second-order valence-electron chi connectivity index (χ2n) is 5.98. The quantitative estimate of drug-likeness (QED) is 0.835. The van der Waals surface area contributed by atoms with Gasteiger partial charge >= 0.3 is 0 Å². The van der Waals surface area contributed by atoms with Gasteiger partial charge in [0.25, 0.3) is 5.91 Å². The van der Waals surface area contributed by atoms with E-state index in [1.165, 1.54) is 0 Å². The van der Waals surface area contributed by atoms with Crippen molar-refractivity contribution in [3.63, 3.8) is 0 Å². The Hall–Kier alpha value is -2.05. The number of likely N-dealkylation sites (N-methyl/N-ethyl adjacent to an activating group) is 1. The molecule has 2 heterocycles. The number of carbonyl (C=O) groups is 1. The summed E-state index contributed by atoms with van der Waals surface area (Å²) in [4.78, 5) is 25.7. The van der Waals surface area contributed by atoms with Gasteiger partial charge in [-0.3, -0.25) is 14.8 Å². The fraction of sp³-hybridized carbons (Fsp3) is 0.471. The van der Waals surface area contributed by atoms with E-state index in [0.29, 0.717) is 17.6 Å². The third kappa shape index (κ3) is 4.03. The Morgan fingerprint density at radius 3 is 2.78 bits per heavy atom. The van der Waals surface area contributed by atoms with Crippen LogP contribution in [0.15, 0.2) is 30.6 Å². The molecule has 0 radical (unpaired) electrons. The minimum absolute atomic E-state index is 0.0746. The summed E-state index contributed by atoms with van der Waals surface area (Å²) >= 11 is 0. The lowest BCUT2D eigenvalue weighted by Crippen LogP contribution is -2.45. The van der Waals surface area contributed by atoms with Gasteiger partial charge in [-0.05, 0) is 32.1 Å². The van der Waals surface area contributed by atoms with E-state index < -0.39 is 0 Å². The molecule has 0 spiro atoms. The molecule has 1 saturated heterocycles. The van der Waals surface area contributed by atoms with E-state index in [4.69, 9.17) is 0 Å². The molecule has 1 N–H and O–H groups in total. The fourth-order valence-corrected chi connectivity index (χ4v) is 2.85. The molecule has 0 aliphatic carbocycles. The van der Waals surface area contributed by atoms with Crippen LogP contribution in [0.2, 0.25) is 0 Å². The van der Waals surface area contributed by atoms with Crippen LogP contribution in [0.3, 0.4) is 0 Å². The molecule has 1 fully saturated rings. The summed E-state index contributed by atoms with van der Waals surface area (Å²) in [6.07, 6.45) is 4.22. The van der Waals surface area contributed by atoms with Crippen molar-refractivity contribution in [2.24, 2.45) is 0 Å². The number of fused-ring (bicyclic) bond motifs is 1.